The standard InChI is InChI=1S/C8H8O3/c1-11-8(10)6-2-4-7(9)5-3-6/h2-5,9H,1H3/i/hD. The molecule has 1 rings (SSSR count). The van der Waals surface area contributed by atoms with Crippen LogP contribution in [0.5, 0.6) is 5.75 Å². The van der Waals surface area contributed by atoms with Gasteiger partial charge in [0, 0.05) is 0 Å². The lowest BCUT2D eigenvalue weighted by Crippen LogP contribution is -1.99. The van der Waals surface area contributed by atoms with Crippen LogP contribution in [0.25, 0.3) is 0 Å². The van der Waals surface area contributed by atoms with Gasteiger partial charge in [-0.3, -0.25) is 0 Å². The monoisotopic (exact) mass is 153 g/mol. The van der Waals surface area contributed by atoms with Crippen LogP contribution in [0.3, 0.4) is 0 Å². The summed E-state index contributed by atoms with van der Waals surface area (Å²) < 4.78 is 11.0. The quantitative estimate of drug-likeness (QED) is 0.649. The fourth-order valence-electron chi connectivity index (χ4n) is 0.709. The Bertz CT molecular complexity index is 268. The molecule has 1 aromatic carbocycles. The van der Waals surface area contributed by atoms with Crippen molar-refractivity contribution >= 4 is 5.97 Å². The van der Waals surface area contributed by atoms with Crippen LogP contribution in [-0.2, 0) is 4.74 Å². The first-order valence-corrected chi connectivity index (χ1v) is 3.09. The highest BCUT2D eigenvalue weighted by Gasteiger charge is 2.02. The summed E-state index contributed by atoms with van der Waals surface area (Å²) >= 11 is 0. The highest BCUT2D eigenvalue weighted by Crippen LogP contribution is 2.09. The number of hydrogen-bond acceptors (Lipinski definition) is 3. The molecule has 0 radical (unpaired) electrons. The summed E-state index contributed by atoms with van der Waals surface area (Å²) in [5.74, 6) is -0.00539. The SMILES string of the molecule is [2H]Oc1ccc(C(=O)OC)cc1. The maximum absolute atomic E-state index is 10.9. The molecule has 0 aliphatic rings. The average molecular weight is 153 g/mol. The minimum Gasteiger partial charge on any atom is -0.508 e. The highest BCUT2D eigenvalue weighted by molar-refractivity contribution is 5.89. The summed E-state index contributed by atoms with van der Waals surface area (Å²) in [6.07, 6.45) is 0. The van der Waals surface area contributed by atoms with Crippen molar-refractivity contribution in [1.29, 1.82) is 1.43 Å². The predicted octanol–water partition coefficient (Wildman–Crippen LogP) is 1.18. The molecule has 0 aliphatic carbocycles. The van der Waals surface area contributed by atoms with E-state index in [0.717, 1.165) is 0 Å². The van der Waals surface area contributed by atoms with Gasteiger partial charge >= 0.3 is 5.97 Å². The molecule has 11 heavy (non-hydrogen) atoms. The van der Waals surface area contributed by atoms with Crippen molar-refractivity contribution in [2.45, 2.75) is 0 Å². The summed E-state index contributed by atoms with van der Waals surface area (Å²) in [7, 11) is 1.32. The van der Waals surface area contributed by atoms with E-state index >= 15 is 0 Å². The van der Waals surface area contributed by atoms with Crippen molar-refractivity contribution in [3.63, 3.8) is 0 Å². The smallest absolute Gasteiger partial charge is 0.337 e. The molecule has 1 aromatic rings. The van der Waals surface area contributed by atoms with E-state index < -0.39 is 5.97 Å². The molecule has 0 saturated carbocycles. The van der Waals surface area contributed by atoms with E-state index in [1.54, 1.807) is 0 Å². The molecule has 1 N–H and O–H groups in total. The van der Waals surface area contributed by atoms with E-state index in [-0.39, 0.29) is 0 Å². The number of benzene rings is 1. The molecular weight excluding hydrogens is 144 g/mol. The Labute approximate surface area is 65.7 Å². The molecular formula is C8H8O3. The minimum atomic E-state index is -0.397. The summed E-state index contributed by atoms with van der Waals surface area (Å²) in [5.41, 5.74) is 0.443. The topological polar surface area (TPSA) is 46.5 Å². The van der Waals surface area contributed by atoms with Crippen LogP contribution >= 0.6 is 0 Å². The third-order valence-electron chi connectivity index (χ3n) is 1.28. The Morgan fingerprint density at radius 2 is 2.18 bits per heavy atom. The maximum atomic E-state index is 10.9. The molecule has 0 aromatic heterocycles. The zero-order valence-corrected chi connectivity index (χ0v) is 6.03. The molecule has 3 heteroatoms. The van der Waals surface area contributed by atoms with Gasteiger partial charge in [-0.15, -0.1) is 0 Å². The second-order valence-electron chi connectivity index (χ2n) is 2.02. The number of rotatable bonds is 2. The highest BCUT2D eigenvalue weighted by atomic mass is 16.5. The average Bonchev–Trinajstić information content (AvgIpc) is 2.17. The maximum Gasteiger partial charge on any atom is 0.337 e. The number of carbonyl (C=O) groups excluding carboxylic acids is 1. The van der Waals surface area contributed by atoms with Gasteiger partial charge in [-0.05, 0) is 24.3 Å². The third kappa shape index (κ3) is 1.70. The van der Waals surface area contributed by atoms with Gasteiger partial charge in [0.2, 0.25) is 0 Å². The van der Waals surface area contributed by atoms with Gasteiger partial charge in [-0.2, -0.15) is 0 Å². The molecule has 3 nitrogen and oxygen atoms in total. The molecule has 0 heterocycles. The van der Waals surface area contributed by atoms with Crippen molar-refractivity contribution < 1.29 is 14.6 Å². The molecule has 58 valence electrons. The summed E-state index contributed by atoms with van der Waals surface area (Å²) in [6.45, 7) is 0. The van der Waals surface area contributed by atoms with Crippen molar-refractivity contribution in [1.82, 2.24) is 0 Å². The van der Waals surface area contributed by atoms with Gasteiger partial charge < -0.3 is 9.85 Å². The van der Waals surface area contributed by atoms with Crippen molar-refractivity contribution in [2.24, 2.45) is 0 Å². The first-order valence-electron chi connectivity index (χ1n) is 3.50. The van der Waals surface area contributed by atoms with Gasteiger partial charge in [0.1, 0.15) is 5.75 Å². The fraction of sp³-hybridized carbons (Fsp3) is 0.125. The number of methoxy groups -OCH3 is 1. The van der Waals surface area contributed by atoms with Gasteiger partial charge in [0.25, 0.3) is 1.43 Å². The normalized spacial score (nSPS) is 10.1. The number of ether oxygens (including phenoxy) is 1. The van der Waals surface area contributed by atoms with Gasteiger partial charge in [0.05, 0.1) is 12.7 Å². The molecule has 0 amide bonds. The Balaban J connectivity index is 2.84. The number of phenols is 1. The van der Waals surface area contributed by atoms with Crippen LogP contribution in [0.1, 0.15) is 10.4 Å². The molecule has 0 aliphatic heterocycles. The zero-order chi connectivity index (χ0) is 8.97. The number of hydrogen-bond donors (Lipinski definition) is 1. The summed E-state index contributed by atoms with van der Waals surface area (Å²) in [4.78, 5) is 10.9. The van der Waals surface area contributed by atoms with E-state index in [0.29, 0.717) is 11.3 Å². The Morgan fingerprint density at radius 1 is 1.55 bits per heavy atom. The van der Waals surface area contributed by atoms with Crippen LogP contribution < -0.4 is 0 Å². The predicted molar refractivity (Wildman–Crippen MR) is 39.4 cm³/mol. The summed E-state index contributed by atoms with van der Waals surface area (Å²) in [5, 5.41) is 4.18. The molecule has 0 saturated heterocycles. The van der Waals surface area contributed by atoms with Crippen LogP contribution in [-0.4, -0.2) is 19.6 Å². The first-order chi connectivity index (χ1) is 5.77. The van der Waals surface area contributed by atoms with Crippen molar-refractivity contribution in [2.75, 3.05) is 7.11 Å². The van der Waals surface area contributed by atoms with Crippen molar-refractivity contribution in [3.8, 4) is 5.75 Å². The molecule has 0 bridgehead atoms. The Kier molecular flexibility index (Phi) is 1.73. The van der Waals surface area contributed by atoms with Gasteiger partial charge in [0.15, 0.2) is 0 Å². The molecule has 0 atom stereocenters. The first kappa shape index (κ1) is 6.22. The van der Waals surface area contributed by atoms with Gasteiger partial charge in [-0.25, -0.2) is 4.79 Å². The van der Waals surface area contributed by atoms with E-state index in [4.69, 9.17) is 1.43 Å². The third-order valence-corrected chi connectivity index (χ3v) is 1.28. The second-order valence-corrected chi connectivity index (χ2v) is 2.02. The molecule has 0 unspecified atom stereocenters. The number of phenolic OH excluding ortho intramolecular Hbond substituents is 1. The number of carbonyl (C=O) groups is 1. The van der Waals surface area contributed by atoms with Gasteiger partial charge in [-0.1, -0.05) is 0 Å². The fourth-order valence-corrected chi connectivity index (χ4v) is 0.709. The second kappa shape index (κ2) is 3.05. The van der Waals surface area contributed by atoms with E-state index in [9.17, 15) is 4.79 Å². The van der Waals surface area contributed by atoms with Crippen molar-refractivity contribution in [3.05, 3.63) is 29.8 Å². The number of aromatic hydroxyl groups is 1. The molecule has 0 spiro atoms. The van der Waals surface area contributed by atoms with Crippen LogP contribution in [0.4, 0.5) is 0 Å². The van der Waals surface area contributed by atoms with Crippen LogP contribution in [0, 0.1) is 0 Å². The summed E-state index contributed by atoms with van der Waals surface area (Å²) in [6, 6.07) is 6.13. The molecule has 0 fully saturated rings. The van der Waals surface area contributed by atoms with Crippen LogP contribution in [0.2, 0.25) is 0 Å². The minimum absolute atomic E-state index is 0.391. The lowest BCUT2D eigenvalue weighted by atomic mass is 10.2. The largest absolute Gasteiger partial charge is 0.508 e. The zero-order valence-electron chi connectivity index (χ0n) is 7.03. The van der Waals surface area contributed by atoms with E-state index in [1.807, 2.05) is 0 Å². The van der Waals surface area contributed by atoms with E-state index in [1.165, 1.54) is 31.4 Å². The lowest BCUT2D eigenvalue weighted by molar-refractivity contribution is 0.0601. The number of esters is 1. The van der Waals surface area contributed by atoms with Crippen LogP contribution in [0.15, 0.2) is 24.3 Å². The Hall–Kier alpha value is -1.51. The van der Waals surface area contributed by atoms with E-state index in [2.05, 4.69) is 9.85 Å². The lowest BCUT2D eigenvalue weighted by Gasteiger charge is -1.97. The Morgan fingerprint density at radius 3 is 2.64 bits per heavy atom.